The highest BCUT2D eigenvalue weighted by Gasteiger charge is 2.14. The first-order valence-electron chi connectivity index (χ1n) is 7.38. The van der Waals surface area contributed by atoms with Crippen molar-refractivity contribution in [2.45, 2.75) is 33.2 Å². The van der Waals surface area contributed by atoms with Gasteiger partial charge in [-0.05, 0) is 36.6 Å². The van der Waals surface area contributed by atoms with Crippen molar-refractivity contribution >= 4 is 5.91 Å². The first-order chi connectivity index (χ1) is 10.3. The van der Waals surface area contributed by atoms with E-state index in [1.807, 2.05) is 38.1 Å². The zero-order chi connectivity index (χ0) is 15.1. The molecule has 0 aliphatic rings. The van der Waals surface area contributed by atoms with Gasteiger partial charge < -0.3 is 5.32 Å². The molecular formula is C17H21N3O. The van der Waals surface area contributed by atoms with E-state index in [-0.39, 0.29) is 11.8 Å². The highest BCUT2D eigenvalue weighted by Crippen LogP contribution is 2.20. The number of carbonyl (C=O) groups is 1. The van der Waals surface area contributed by atoms with Gasteiger partial charge in [0.2, 0.25) is 5.91 Å². The third kappa shape index (κ3) is 3.88. The molecule has 0 aliphatic heterocycles. The Kier molecular flexibility index (Phi) is 5.43. The normalized spacial score (nSPS) is 10.6. The molecule has 2 aromatic heterocycles. The largest absolute Gasteiger partial charge is 0.352 e. The predicted molar refractivity (Wildman–Crippen MR) is 83.4 cm³/mol. The fraction of sp³-hybridized carbons (Fsp3) is 0.353. The molecule has 0 saturated heterocycles. The average molecular weight is 283 g/mol. The first-order valence-corrected chi connectivity index (χ1v) is 7.38. The molecule has 2 heterocycles. The molecule has 2 aromatic rings. The maximum Gasteiger partial charge on any atom is 0.223 e. The molecule has 0 atom stereocenters. The number of rotatable bonds is 6. The molecule has 21 heavy (non-hydrogen) atoms. The quantitative estimate of drug-likeness (QED) is 0.885. The van der Waals surface area contributed by atoms with Gasteiger partial charge in [0.25, 0.3) is 0 Å². The van der Waals surface area contributed by atoms with Gasteiger partial charge in [0.1, 0.15) is 0 Å². The van der Waals surface area contributed by atoms with Crippen molar-refractivity contribution in [3.05, 3.63) is 48.4 Å². The van der Waals surface area contributed by atoms with E-state index in [2.05, 4.69) is 15.3 Å². The molecule has 1 N–H and O–H groups in total. The number of carbonyl (C=O) groups excluding carboxylic acids is 1. The zero-order valence-electron chi connectivity index (χ0n) is 12.5. The fourth-order valence-corrected chi connectivity index (χ4v) is 2.33. The second kappa shape index (κ2) is 7.53. The van der Waals surface area contributed by atoms with E-state index < -0.39 is 0 Å². The summed E-state index contributed by atoms with van der Waals surface area (Å²) in [7, 11) is 0. The van der Waals surface area contributed by atoms with Crippen molar-refractivity contribution in [3.8, 4) is 11.3 Å². The molecule has 0 aromatic carbocycles. The minimum absolute atomic E-state index is 0.0866. The summed E-state index contributed by atoms with van der Waals surface area (Å²) in [5.41, 5.74) is 2.84. The summed E-state index contributed by atoms with van der Waals surface area (Å²) >= 11 is 0. The van der Waals surface area contributed by atoms with Crippen LogP contribution < -0.4 is 5.32 Å². The summed E-state index contributed by atoms with van der Waals surface area (Å²) < 4.78 is 0. The molecule has 1 amide bonds. The fourth-order valence-electron chi connectivity index (χ4n) is 2.33. The molecule has 4 heteroatoms. The van der Waals surface area contributed by atoms with Crippen molar-refractivity contribution in [2.24, 2.45) is 5.92 Å². The SMILES string of the molecule is CCC(CC)C(=O)NCc1cccnc1-c1cccnc1. The summed E-state index contributed by atoms with van der Waals surface area (Å²) in [4.78, 5) is 20.6. The summed E-state index contributed by atoms with van der Waals surface area (Å²) in [6.07, 6.45) is 7.01. The van der Waals surface area contributed by atoms with Crippen LogP contribution in [0.1, 0.15) is 32.3 Å². The molecule has 0 radical (unpaired) electrons. The van der Waals surface area contributed by atoms with E-state index in [4.69, 9.17) is 0 Å². The number of hydrogen-bond acceptors (Lipinski definition) is 3. The number of amides is 1. The van der Waals surface area contributed by atoms with Crippen molar-refractivity contribution < 1.29 is 4.79 Å². The second-order valence-electron chi connectivity index (χ2n) is 4.98. The molecule has 4 nitrogen and oxygen atoms in total. The Morgan fingerprint density at radius 3 is 2.62 bits per heavy atom. The van der Waals surface area contributed by atoms with E-state index >= 15 is 0 Å². The number of pyridine rings is 2. The van der Waals surface area contributed by atoms with E-state index in [1.54, 1.807) is 18.6 Å². The first kappa shape index (κ1) is 15.2. The number of nitrogens with one attached hydrogen (secondary N) is 1. The average Bonchev–Trinajstić information content (AvgIpc) is 2.55. The molecule has 0 aliphatic carbocycles. The van der Waals surface area contributed by atoms with Gasteiger partial charge in [0, 0.05) is 36.6 Å². The van der Waals surface area contributed by atoms with Gasteiger partial charge in [0.15, 0.2) is 0 Å². The molecular weight excluding hydrogens is 262 g/mol. The van der Waals surface area contributed by atoms with Crippen LogP contribution in [-0.2, 0) is 11.3 Å². The van der Waals surface area contributed by atoms with Gasteiger partial charge in [-0.15, -0.1) is 0 Å². The van der Waals surface area contributed by atoms with Crippen LogP contribution in [0.15, 0.2) is 42.9 Å². The van der Waals surface area contributed by atoms with Crippen molar-refractivity contribution in [1.29, 1.82) is 0 Å². The van der Waals surface area contributed by atoms with Crippen LogP contribution in [0.3, 0.4) is 0 Å². The van der Waals surface area contributed by atoms with Crippen LogP contribution in [-0.4, -0.2) is 15.9 Å². The minimum atomic E-state index is 0.0866. The third-order valence-corrected chi connectivity index (χ3v) is 3.64. The van der Waals surface area contributed by atoms with Crippen molar-refractivity contribution in [1.82, 2.24) is 15.3 Å². The molecule has 0 unspecified atom stereocenters. The van der Waals surface area contributed by atoms with Crippen LogP contribution >= 0.6 is 0 Å². The Balaban J connectivity index is 2.13. The monoisotopic (exact) mass is 283 g/mol. The smallest absolute Gasteiger partial charge is 0.223 e. The van der Waals surface area contributed by atoms with Gasteiger partial charge >= 0.3 is 0 Å². The van der Waals surface area contributed by atoms with Gasteiger partial charge in [-0.25, -0.2) is 0 Å². The van der Waals surface area contributed by atoms with E-state index in [0.29, 0.717) is 6.54 Å². The Labute approximate surface area is 125 Å². The summed E-state index contributed by atoms with van der Waals surface area (Å²) in [6.45, 7) is 4.57. The molecule has 0 bridgehead atoms. The Morgan fingerprint density at radius 2 is 1.95 bits per heavy atom. The highest BCUT2D eigenvalue weighted by atomic mass is 16.1. The predicted octanol–water partition coefficient (Wildman–Crippen LogP) is 3.20. The summed E-state index contributed by atoms with van der Waals surface area (Å²) in [5.74, 6) is 0.199. The van der Waals surface area contributed by atoms with Crippen molar-refractivity contribution in [3.63, 3.8) is 0 Å². The molecule has 0 fully saturated rings. The number of nitrogens with zero attached hydrogens (tertiary/aromatic N) is 2. The second-order valence-corrected chi connectivity index (χ2v) is 4.98. The van der Waals surface area contributed by atoms with Crippen LogP contribution in [0.2, 0.25) is 0 Å². The molecule has 0 saturated carbocycles. The molecule has 2 rings (SSSR count). The Bertz CT molecular complexity index is 580. The van der Waals surface area contributed by atoms with Gasteiger partial charge in [-0.2, -0.15) is 0 Å². The van der Waals surface area contributed by atoms with Crippen LogP contribution in [0.25, 0.3) is 11.3 Å². The Hall–Kier alpha value is -2.23. The van der Waals surface area contributed by atoms with Crippen LogP contribution in [0.5, 0.6) is 0 Å². The van der Waals surface area contributed by atoms with Crippen LogP contribution in [0, 0.1) is 5.92 Å². The third-order valence-electron chi connectivity index (χ3n) is 3.64. The van der Waals surface area contributed by atoms with E-state index in [9.17, 15) is 4.79 Å². The number of hydrogen-bond donors (Lipinski definition) is 1. The maximum absolute atomic E-state index is 12.1. The topological polar surface area (TPSA) is 54.9 Å². The van der Waals surface area contributed by atoms with Gasteiger partial charge in [-0.3, -0.25) is 14.8 Å². The Morgan fingerprint density at radius 1 is 1.19 bits per heavy atom. The summed E-state index contributed by atoms with van der Waals surface area (Å²) in [6, 6.07) is 7.74. The lowest BCUT2D eigenvalue weighted by atomic mass is 10.0. The molecule has 110 valence electrons. The van der Waals surface area contributed by atoms with E-state index in [1.165, 1.54) is 0 Å². The van der Waals surface area contributed by atoms with Gasteiger partial charge in [-0.1, -0.05) is 19.9 Å². The lowest BCUT2D eigenvalue weighted by Crippen LogP contribution is -2.29. The number of aromatic nitrogens is 2. The standard InChI is InChI=1S/C17H21N3O/c1-3-13(4-2)17(21)20-12-15-8-6-10-19-16(15)14-7-5-9-18-11-14/h5-11,13H,3-4,12H2,1-2H3,(H,20,21). The van der Waals surface area contributed by atoms with Crippen LogP contribution in [0.4, 0.5) is 0 Å². The highest BCUT2D eigenvalue weighted by molar-refractivity contribution is 5.78. The molecule has 0 spiro atoms. The van der Waals surface area contributed by atoms with E-state index in [0.717, 1.165) is 29.7 Å². The van der Waals surface area contributed by atoms with Crippen molar-refractivity contribution in [2.75, 3.05) is 0 Å². The van der Waals surface area contributed by atoms with Gasteiger partial charge in [0.05, 0.1) is 5.69 Å². The zero-order valence-corrected chi connectivity index (χ0v) is 12.5. The summed E-state index contributed by atoms with van der Waals surface area (Å²) in [5, 5.41) is 3.01. The maximum atomic E-state index is 12.1. The minimum Gasteiger partial charge on any atom is -0.352 e. The lowest BCUT2D eigenvalue weighted by molar-refractivity contribution is -0.125. The lowest BCUT2D eigenvalue weighted by Gasteiger charge is -2.14.